The number of amides is 2. The average molecular weight is 220 g/mol. The maximum absolute atomic E-state index is 11.4. The van der Waals surface area contributed by atoms with E-state index in [0.717, 1.165) is 0 Å². The smallest absolute Gasteiger partial charge is 0.320 e. The summed E-state index contributed by atoms with van der Waals surface area (Å²) < 4.78 is 6.69. The molecule has 0 unspecified atom stereocenters. The van der Waals surface area contributed by atoms with Gasteiger partial charge in [-0.25, -0.2) is 4.79 Å². The predicted octanol–water partition coefficient (Wildman–Crippen LogP) is 1.33. The first-order chi connectivity index (χ1) is 7.74. The van der Waals surface area contributed by atoms with Gasteiger partial charge in [-0.15, -0.1) is 0 Å². The average Bonchev–Trinajstić information content (AvgIpc) is 2.87. The molecule has 0 spiro atoms. The molecule has 0 fully saturated rings. The van der Waals surface area contributed by atoms with Crippen molar-refractivity contribution >= 4 is 11.8 Å². The Morgan fingerprint density at radius 1 is 1.56 bits per heavy atom. The van der Waals surface area contributed by atoms with Crippen LogP contribution in [0, 0.1) is 0 Å². The minimum Gasteiger partial charge on any atom is -0.467 e. The summed E-state index contributed by atoms with van der Waals surface area (Å²) in [6.07, 6.45) is 3.32. The first-order valence-corrected chi connectivity index (χ1v) is 4.81. The molecule has 0 aliphatic rings. The molecule has 16 heavy (non-hydrogen) atoms. The molecule has 2 aromatic rings. The van der Waals surface area contributed by atoms with E-state index in [9.17, 15) is 4.79 Å². The molecule has 0 saturated carbocycles. The Labute approximate surface area is 92.2 Å². The van der Waals surface area contributed by atoms with Crippen molar-refractivity contribution in [2.24, 2.45) is 7.05 Å². The monoisotopic (exact) mass is 220 g/mol. The third-order valence-electron chi connectivity index (χ3n) is 1.96. The molecule has 2 N–H and O–H groups in total. The van der Waals surface area contributed by atoms with E-state index in [1.54, 1.807) is 42.4 Å². The fourth-order valence-electron chi connectivity index (χ4n) is 1.22. The normalized spacial score (nSPS) is 10.1. The summed E-state index contributed by atoms with van der Waals surface area (Å²) in [5.41, 5.74) is 0. The van der Waals surface area contributed by atoms with E-state index in [1.807, 2.05) is 0 Å². The first kappa shape index (κ1) is 10.3. The van der Waals surface area contributed by atoms with Crippen LogP contribution in [-0.4, -0.2) is 15.8 Å². The summed E-state index contributed by atoms with van der Waals surface area (Å²) in [5, 5.41) is 9.27. The molecule has 2 amide bonds. The van der Waals surface area contributed by atoms with Gasteiger partial charge in [0.05, 0.1) is 12.8 Å². The fraction of sp³-hybridized carbons (Fsp3) is 0.200. The summed E-state index contributed by atoms with van der Waals surface area (Å²) in [5.74, 6) is 1.22. The maximum atomic E-state index is 11.4. The van der Waals surface area contributed by atoms with Gasteiger partial charge in [0.2, 0.25) is 0 Å². The number of nitrogens with zero attached hydrogens (tertiary/aromatic N) is 2. The van der Waals surface area contributed by atoms with Crippen LogP contribution in [0.2, 0.25) is 0 Å². The number of urea groups is 1. The molecule has 2 aromatic heterocycles. The number of hydrogen-bond donors (Lipinski definition) is 2. The van der Waals surface area contributed by atoms with Crippen LogP contribution >= 0.6 is 0 Å². The lowest BCUT2D eigenvalue weighted by molar-refractivity contribution is 0.250. The highest BCUT2D eigenvalue weighted by molar-refractivity contribution is 5.87. The van der Waals surface area contributed by atoms with Crippen LogP contribution in [0.5, 0.6) is 0 Å². The van der Waals surface area contributed by atoms with Crippen LogP contribution in [0.15, 0.2) is 35.1 Å². The largest absolute Gasteiger partial charge is 0.467 e. The van der Waals surface area contributed by atoms with Crippen LogP contribution in [-0.2, 0) is 13.6 Å². The topological polar surface area (TPSA) is 72.1 Å². The number of carbonyl (C=O) groups excluding carboxylic acids is 1. The lowest BCUT2D eigenvalue weighted by Crippen LogP contribution is -2.28. The number of furan rings is 1. The molecule has 0 radical (unpaired) electrons. The quantitative estimate of drug-likeness (QED) is 0.819. The Kier molecular flexibility index (Phi) is 2.90. The molecule has 0 atom stereocenters. The Bertz CT molecular complexity index is 461. The second-order valence-electron chi connectivity index (χ2n) is 3.26. The van der Waals surface area contributed by atoms with Gasteiger partial charge < -0.3 is 9.73 Å². The predicted molar refractivity (Wildman–Crippen MR) is 57.8 cm³/mol. The van der Waals surface area contributed by atoms with Gasteiger partial charge in [0.1, 0.15) is 5.76 Å². The van der Waals surface area contributed by atoms with Crippen molar-refractivity contribution < 1.29 is 9.21 Å². The Balaban J connectivity index is 1.81. The summed E-state index contributed by atoms with van der Waals surface area (Å²) >= 11 is 0. The summed E-state index contributed by atoms with van der Waals surface area (Å²) in [7, 11) is 1.78. The van der Waals surface area contributed by atoms with E-state index in [0.29, 0.717) is 18.1 Å². The molecule has 84 valence electrons. The first-order valence-electron chi connectivity index (χ1n) is 4.81. The lowest BCUT2D eigenvalue weighted by atomic mass is 10.4. The van der Waals surface area contributed by atoms with Gasteiger partial charge in [-0.05, 0) is 12.1 Å². The number of aromatic nitrogens is 2. The molecular weight excluding hydrogens is 208 g/mol. The van der Waals surface area contributed by atoms with Crippen molar-refractivity contribution in [1.29, 1.82) is 0 Å². The zero-order chi connectivity index (χ0) is 11.4. The molecule has 6 heteroatoms. The number of nitrogens with one attached hydrogen (secondary N) is 2. The fourth-order valence-corrected chi connectivity index (χ4v) is 1.22. The molecular formula is C10H12N4O2. The van der Waals surface area contributed by atoms with E-state index < -0.39 is 0 Å². The lowest BCUT2D eigenvalue weighted by Gasteiger charge is -2.03. The van der Waals surface area contributed by atoms with Crippen molar-refractivity contribution in [3.05, 3.63) is 36.4 Å². The van der Waals surface area contributed by atoms with Crippen molar-refractivity contribution in [3.63, 3.8) is 0 Å². The molecule has 0 saturated heterocycles. The number of anilines is 1. The second kappa shape index (κ2) is 4.52. The van der Waals surface area contributed by atoms with E-state index in [2.05, 4.69) is 15.7 Å². The van der Waals surface area contributed by atoms with Crippen LogP contribution in [0.1, 0.15) is 5.76 Å². The van der Waals surface area contributed by atoms with Gasteiger partial charge in [-0.3, -0.25) is 10.00 Å². The third kappa shape index (κ3) is 2.63. The zero-order valence-electron chi connectivity index (χ0n) is 8.80. The van der Waals surface area contributed by atoms with Gasteiger partial charge >= 0.3 is 6.03 Å². The van der Waals surface area contributed by atoms with Gasteiger partial charge in [0, 0.05) is 19.3 Å². The van der Waals surface area contributed by atoms with Gasteiger partial charge in [-0.2, -0.15) is 5.10 Å². The minimum atomic E-state index is -0.310. The summed E-state index contributed by atoms with van der Waals surface area (Å²) in [6.45, 7) is 0.353. The molecule has 0 aromatic carbocycles. The number of rotatable bonds is 3. The highest BCUT2D eigenvalue weighted by atomic mass is 16.3. The minimum absolute atomic E-state index is 0.310. The molecule has 2 heterocycles. The highest BCUT2D eigenvalue weighted by Gasteiger charge is 2.04. The highest BCUT2D eigenvalue weighted by Crippen LogP contribution is 2.01. The van der Waals surface area contributed by atoms with Crippen LogP contribution in [0.3, 0.4) is 0 Å². The standard InChI is InChI=1S/C10H12N4O2/c1-14-5-4-9(13-14)12-10(15)11-7-8-3-2-6-16-8/h2-6H,7H2,1H3,(H2,11,12,13,15). The number of carbonyl (C=O) groups is 1. The summed E-state index contributed by atoms with van der Waals surface area (Å²) in [4.78, 5) is 11.4. The van der Waals surface area contributed by atoms with E-state index in [-0.39, 0.29) is 6.03 Å². The van der Waals surface area contributed by atoms with Crippen molar-refractivity contribution in [3.8, 4) is 0 Å². The number of hydrogen-bond acceptors (Lipinski definition) is 3. The third-order valence-corrected chi connectivity index (χ3v) is 1.96. The molecule has 0 aliphatic carbocycles. The van der Waals surface area contributed by atoms with Gasteiger partial charge in [0.25, 0.3) is 0 Å². The number of aryl methyl sites for hydroxylation is 1. The molecule has 2 rings (SSSR count). The van der Waals surface area contributed by atoms with E-state index in [1.165, 1.54) is 0 Å². The van der Waals surface area contributed by atoms with Crippen molar-refractivity contribution in [2.45, 2.75) is 6.54 Å². The van der Waals surface area contributed by atoms with Crippen LogP contribution < -0.4 is 10.6 Å². The van der Waals surface area contributed by atoms with Gasteiger partial charge in [0.15, 0.2) is 5.82 Å². The summed E-state index contributed by atoms with van der Waals surface area (Å²) in [6, 6.07) is 4.97. The SMILES string of the molecule is Cn1ccc(NC(=O)NCc2ccco2)n1. The Hall–Kier alpha value is -2.24. The van der Waals surface area contributed by atoms with Crippen molar-refractivity contribution in [2.75, 3.05) is 5.32 Å². The molecule has 0 bridgehead atoms. The zero-order valence-corrected chi connectivity index (χ0v) is 8.80. The van der Waals surface area contributed by atoms with Crippen LogP contribution in [0.4, 0.5) is 10.6 Å². The van der Waals surface area contributed by atoms with Gasteiger partial charge in [-0.1, -0.05) is 0 Å². The Morgan fingerprint density at radius 2 is 2.44 bits per heavy atom. The van der Waals surface area contributed by atoms with E-state index in [4.69, 9.17) is 4.42 Å². The second-order valence-corrected chi connectivity index (χ2v) is 3.26. The molecule has 0 aliphatic heterocycles. The maximum Gasteiger partial charge on any atom is 0.320 e. The van der Waals surface area contributed by atoms with E-state index >= 15 is 0 Å². The Morgan fingerprint density at radius 3 is 3.06 bits per heavy atom. The van der Waals surface area contributed by atoms with Crippen LogP contribution in [0.25, 0.3) is 0 Å². The molecule has 6 nitrogen and oxygen atoms in total. The van der Waals surface area contributed by atoms with Crippen molar-refractivity contribution in [1.82, 2.24) is 15.1 Å².